The largest absolute Gasteiger partial charge is 0.462 e. The molecular formula is C24H32F2N7O7P. The van der Waals surface area contributed by atoms with Crippen molar-refractivity contribution in [2.45, 2.75) is 63.9 Å². The minimum absolute atomic E-state index is 0.0461. The Balaban J connectivity index is 1.57. The number of carbonyl (C=O) groups is 1. The van der Waals surface area contributed by atoms with Crippen LogP contribution in [0.15, 0.2) is 30.6 Å². The van der Waals surface area contributed by atoms with Crippen molar-refractivity contribution in [1.29, 1.82) is 0 Å². The fraction of sp³-hybridized carbons (Fsp3) is 0.500. The highest BCUT2D eigenvalue weighted by molar-refractivity contribution is 7.52. The number of anilines is 2. The van der Waals surface area contributed by atoms with Gasteiger partial charge in [-0.15, -0.1) is 0 Å². The van der Waals surface area contributed by atoms with Crippen LogP contribution in [-0.4, -0.2) is 74.3 Å². The van der Waals surface area contributed by atoms with E-state index in [4.69, 9.17) is 24.3 Å². The summed E-state index contributed by atoms with van der Waals surface area (Å²) in [4.78, 5) is 24.8. The van der Waals surface area contributed by atoms with Gasteiger partial charge in [-0.2, -0.15) is 15.1 Å². The lowest BCUT2D eigenvalue weighted by molar-refractivity contribution is -0.149. The summed E-state index contributed by atoms with van der Waals surface area (Å²) in [7, 11) is -2.81. The highest BCUT2D eigenvalue weighted by atomic mass is 31.2. The van der Waals surface area contributed by atoms with Crippen LogP contribution in [0.4, 0.5) is 20.5 Å². The maximum Gasteiger partial charge on any atom is 0.459 e. The van der Waals surface area contributed by atoms with Gasteiger partial charge in [0.2, 0.25) is 5.95 Å². The molecule has 4 rings (SSSR count). The molecule has 0 aliphatic carbocycles. The first-order chi connectivity index (χ1) is 19.2. The minimum Gasteiger partial charge on any atom is -0.462 e. The number of nitrogen functional groups attached to an aromatic ring is 1. The normalized spacial score (nSPS) is 24.8. The van der Waals surface area contributed by atoms with E-state index in [1.165, 1.54) is 30.0 Å². The number of nitrogens with two attached hydrogens (primary N) is 1. The number of aliphatic hydroxyl groups excluding tert-OH is 1. The van der Waals surface area contributed by atoms with Crippen molar-refractivity contribution < 1.29 is 41.8 Å². The molecule has 14 nitrogen and oxygen atoms in total. The second kappa shape index (κ2) is 11.8. The Hall–Kier alpha value is -3.43. The zero-order chi connectivity index (χ0) is 30.1. The van der Waals surface area contributed by atoms with Gasteiger partial charge < -0.3 is 30.2 Å². The number of aliphatic hydroxyl groups is 1. The molecule has 0 saturated carbocycles. The molecule has 2 aromatic heterocycles. The Morgan fingerprint density at radius 3 is 2.61 bits per heavy atom. The summed E-state index contributed by atoms with van der Waals surface area (Å²) in [6.07, 6.45) is -3.75. The lowest BCUT2D eigenvalue weighted by Gasteiger charge is -2.25. The van der Waals surface area contributed by atoms with Crippen molar-refractivity contribution in [1.82, 2.24) is 24.6 Å². The first-order valence-electron chi connectivity index (χ1n) is 12.6. The summed E-state index contributed by atoms with van der Waals surface area (Å²) in [5, 5.41) is 16.1. The van der Waals surface area contributed by atoms with E-state index in [-0.39, 0.29) is 17.3 Å². The fourth-order valence-electron chi connectivity index (χ4n) is 4.15. The number of aromatic nitrogens is 4. The molecule has 0 radical (unpaired) electrons. The second-order valence-electron chi connectivity index (χ2n) is 9.80. The maximum absolute atomic E-state index is 16.0. The van der Waals surface area contributed by atoms with Crippen molar-refractivity contribution in [2.24, 2.45) is 0 Å². The molecule has 0 bridgehead atoms. The molecule has 1 saturated heterocycles. The molecule has 3 heterocycles. The average molecular weight is 600 g/mol. The van der Waals surface area contributed by atoms with Gasteiger partial charge in [-0.05, 0) is 52.0 Å². The molecule has 1 fully saturated rings. The van der Waals surface area contributed by atoms with Gasteiger partial charge in [-0.25, -0.2) is 18.3 Å². The van der Waals surface area contributed by atoms with E-state index in [1.807, 2.05) is 0 Å². The zero-order valence-electron chi connectivity index (χ0n) is 22.9. The number of hydrogen-bond acceptors (Lipinski definition) is 12. The topological polar surface area (TPSA) is 185 Å². The van der Waals surface area contributed by atoms with Crippen LogP contribution in [0.5, 0.6) is 5.75 Å². The molecule has 1 aliphatic heterocycles. The number of benzene rings is 1. The SMILES string of the molecule is CNc1nc(N)nc2c1ncn2[C@@H]1O[C@H](CO[P@@](=O)(N[C@@H](C)C(=O)OC(C)C)Oc2ccc(F)cc2)[C@@H](O)[C@@]1(C)F. The zero-order valence-corrected chi connectivity index (χ0v) is 23.8. The van der Waals surface area contributed by atoms with Crippen molar-refractivity contribution in [3.05, 3.63) is 36.4 Å². The summed E-state index contributed by atoms with van der Waals surface area (Å²) in [6, 6.07) is 3.39. The van der Waals surface area contributed by atoms with E-state index in [0.29, 0.717) is 11.3 Å². The minimum atomic E-state index is -4.42. The Morgan fingerprint density at radius 1 is 1.29 bits per heavy atom. The number of imidazole rings is 1. The highest BCUT2D eigenvalue weighted by Crippen LogP contribution is 2.48. The van der Waals surface area contributed by atoms with E-state index < -0.39 is 62.4 Å². The average Bonchev–Trinajstić information content (AvgIpc) is 3.41. The summed E-state index contributed by atoms with van der Waals surface area (Å²) in [6.45, 7) is 5.14. The number of hydrogen-bond donors (Lipinski definition) is 4. The number of rotatable bonds is 11. The predicted octanol–water partition coefficient (Wildman–Crippen LogP) is 2.71. The third-order valence-electron chi connectivity index (χ3n) is 6.15. The van der Waals surface area contributed by atoms with Crippen LogP contribution < -0.4 is 20.7 Å². The molecule has 3 aromatic rings. The van der Waals surface area contributed by atoms with Gasteiger partial charge in [-0.1, -0.05) is 0 Å². The molecule has 224 valence electrons. The van der Waals surface area contributed by atoms with Crippen LogP contribution in [-0.2, 0) is 23.4 Å². The van der Waals surface area contributed by atoms with Crippen molar-refractivity contribution in [3.8, 4) is 5.75 Å². The van der Waals surface area contributed by atoms with E-state index >= 15 is 4.39 Å². The summed E-state index contributed by atoms with van der Waals surface area (Å²) >= 11 is 0. The Labute approximate surface area is 234 Å². The molecule has 1 aromatic carbocycles. The Kier molecular flexibility index (Phi) is 8.80. The molecule has 0 amide bonds. The number of fused-ring (bicyclic) bond motifs is 1. The number of nitrogens with zero attached hydrogens (tertiary/aromatic N) is 4. The molecule has 0 unspecified atom stereocenters. The number of nitrogens with one attached hydrogen (secondary N) is 2. The van der Waals surface area contributed by atoms with Crippen LogP contribution in [0.25, 0.3) is 11.2 Å². The quantitative estimate of drug-likeness (QED) is 0.186. The smallest absolute Gasteiger partial charge is 0.459 e. The van der Waals surface area contributed by atoms with Crippen LogP contribution >= 0.6 is 7.75 Å². The maximum atomic E-state index is 16.0. The molecule has 0 spiro atoms. The molecule has 1 aliphatic rings. The van der Waals surface area contributed by atoms with Gasteiger partial charge in [0.1, 0.15) is 29.8 Å². The number of carbonyl (C=O) groups excluding carboxylic acids is 1. The Morgan fingerprint density at radius 2 is 1.98 bits per heavy atom. The fourth-order valence-corrected chi connectivity index (χ4v) is 5.65. The van der Waals surface area contributed by atoms with Gasteiger partial charge in [0.15, 0.2) is 28.9 Å². The molecule has 5 N–H and O–H groups in total. The van der Waals surface area contributed by atoms with E-state index in [1.54, 1.807) is 20.9 Å². The van der Waals surface area contributed by atoms with Crippen molar-refractivity contribution in [3.63, 3.8) is 0 Å². The highest BCUT2D eigenvalue weighted by Gasteiger charge is 2.56. The second-order valence-corrected chi connectivity index (χ2v) is 11.5. The van der Waals surface area contributed by atoms with Gasteiger partial charge in [0.25, 0.3) is 0 Å². The van der Waals surface area contributed by atoms with Crippen LogP contribution in [0.3, 0.4) is 0 Å². The van der Waals surface area contributed by atoms with E-state index in [9.17, 15) is 18.9 Å². The number of alkyl halides is 1. The molecule has 6 atom stereocenters. The third-order valence-corrected chi connectivity index (χ3v) is 7.79. The van der Waals surface area contributed by atoms with Crippen molar-refractivity contribution >= 4 is 36.6 Å². The van der Waals surface area contributed by atoms with Crippen molar-refractivity contribution in [2.75, 3.05) is 24.7 Å². The van der Waals surface area contributed by atoms with Gasteiger partial charge >= 0.3 is 13.7 Å². The first kappa shape index (κ1) is 30.5. The number of esters is 1. The lowest BCUT2D eigenvalue weighted by Crippen LogP contribution is -2.41. The monoisotopic (exact) mass is 599 g/mol. The molecule has 41 heavy (non-hydrogen) atoms. The lowest BCUT2D eigenvalue weighted by atomic mass is 9.98. The van der Waals surface area contributed by atoms with Gasteiger partial charge in [0.05, 0.1) is 19.0 Å². The third kappa shape index (κ3) is 6.57. The van der Waals surface area contributed by atoms with Gasteiger partial charge in [0, 0.05) is 7.05 Å². The van der Waals surface area contributed by atoms with Gasteiger partial charge in [-0.3, -0.25) is 13.9 Å². The van der Waals surface area contributed by atoms with Crippen LogP contribution in [0.2, 0.25) is 0 Å². The van der Waals surface area contributed by atoms with E-state index in [2.05, 4.69) is 25.4 Å². The van der Waals surface area contributed by atoms with E-state index in [0.717, 1.165) is 19.1 Å². The summed E-state index contributed by atoms with van der Waals surface area (Å²) in [5.41, 5.74) is 3.83. The number of halogens is 2. The predicted molar refractivity (Wildman–Crippen MR) is 143 cm³/mol. The standard InChI is InChI=1S/C24H32F2N7O7P/c1-12(2)38-21(35)13(3)32-41(36,40-15-8-6-14(25)7-9-15)37-10-16-18(34)24(4,26)22(39-16)33-11-29-17-19(28-5)30-23(27)31-20(17)33/h6-9,11-13,16,18,22,34H,10H2,1-5H3,(H,32,36)(H3,27,28,30,31)/t13-,16+,18+,22+,24+,41-/m0/s1. The first-order valence-corrected chi connectivity index (χ1v) is 14.2. The molecule has 17 heteroatoms. The van der Waals surface area contributed by atoms with Crippen LogP contribution in [0.1, 0.15) is 33.9 Å². The number of ether oxygens (including phenoxy) is 2. The Bertz CT molecular complexity index is 1440. The van der Waals surface area contributed by atoms with Crippen LogP contribution in [0, 0.1) is 5.82 Å². The summed E-state index contributed by atoms with van der Waals surface area (Å²) in [5.74, 6) is -1.14. The summed E-state index contributed by atoms with van der Waals surface area (Å²) < 4.78 is 66.3. The molecular weight excluding hydrogens is 567 g/mol.